The van der Waals surface area contributed by atoms with Gasteiger partial charge >= 0.3 is 0 Å². The number of anilines is 2. The van der Waals surface area contributed by atoms with Crippen LogP contribution in [0.2, 0.25) is 5.02 Å². The van der Waals surface area contributed by atoms with E-state index in [0.29, 0.717) is 24.2 Å². The summed E-state index contributed by atoms with van der Waals surface area (Å²) in [5.41, 5.74) is 3.73. The third-order valence-electron chi connectivity index (χ3n) is 3.60. The number of imidazole rings is 1. The first-order chi connectivity index (χ1) is 10.7. The van der Waals surface area contributed by atoms with Crippen LogP contribution in [0.1, 0.15) is 5.56 Å². The molecule has 0 bridgehead atoms. The predicted octanol–water partition coefficient (Wildman–Crippen LogP) is 4.04. The number of benzene rings is 2. The molecule has 2 aromatic carbocycles. The third-order valence-corrected chi connectivity index (χ3v) is 3.83. The molecule has 1 aliphatic rings. The topological polar surface area (TPSA) is 59.2 Å². The lowest BCUT2D eigenvalue weighted by Crippen LogP contribution is -2.15. The van der Waals surface area contributed by atoms with E-state index in [1.165, 1.54) is 0 Å². The minimum Gasteiger partial charge on any atom is -0.486 e. The van der Waals surface area contributed by atoms with Gasteiger partial charge in [0.2, 0.25) is 5.95 Å². The van der Waals surface area contributed by atoms with Crippen molar-refractivity contribution >= 4 is 34.3 Å². The van der Waals surface area contributed by atoms with Crippen LogP contribution in [-0.4, -0.2) is 23.2 Å². The van der Waals surface area contributed by atoms with E-state index < -0.39 is 0 Å². The van der Waals surface area contributed by atoms with Gasteiger partial charge in [0.15, 0.2) is 11.5 Å². The molecule has 6 heteroatoms. The van der Waals surface area contributed by atoms with E-state index in [9.17, 15) is 0 Å². The quantitative estimate of drug-likeness (QED) is 0.749. The lowest BCUT2D eigenvalue weighted by molar-refractivity contribution is 0.172. The molecular weight excluding hydrogens is 302 g/mol. The molecule has 0 aliphatic carbocycles. The van der Waals surface area contributed by atoms with Crippen LogP contribution in [0.4, 0.5) is 11.6 Å². The zero-order chi connectivity index (χ0) is 15.1. The van der Waals surface area contributed by atoms with Crippen molar-refractivity contribution in [1.82, 2.24) is 9.97 Å². The van der Waals surface area contributed by atoms with Gasteiger partial charge < -0.3 is 19.8 Å². The Bertz CT molecular complexity index is 817. The van der Waals surface area contributed by atoms with Gasteiger partial charge in [-0.2, -0.15) is 0 Å². The summed E-state index contributed by atoms with van der Waals surface area (Å²) in [5, 5.41) is 3.94. The highest BCUT2D eigenvalue weighted by molar-refractivity contribution is 6.30. The fraction of sp³-hybridized carbons (Fsp3) is 0.188. The highest BCUT2D eigenvalue weighted by Gasteiger charge is 2.15. The van der Waals surface area contributed by atoms with E-state index in [2.05, 4.69) is 15.3 Å². The Balaban J connectivity index is 1.72. The highest BCUT2D eigenvalue weighted by atomic mass is 35.5. The lowest BCUT2D eigenvalue weighted by Gasteiger charge is -2.17. The van der Waals surface area contributed by atoms with Gasteiger partial charge in [0.1, 0.15) is 13.2 Å². The summed E-state index contributed by atoms with van der Waals surface area (Å²) in [7, 11) is 0. The van der Waals surface area contributed by atoms with Gasteiger partial charge in [-0.15, -0.1) is 0 Å². The van der Waals surface area contributed by atoms with Crippen molar-refractivity contribution in [3.8, 4) is 11.5 Å². The molecule has 0 radical (unpaired) electrons. The average Bonchev–Trinajstić information content (AvgIpc) is 2.89. The standard InChI is InChI=1S/C16H14ClN3O2/c1-9-2-3-10(17)6-11(9)18-16-19-12-7-14-15(8-13(12)20-16)22-5-4-21-14/h2-3,6-8H,4-5H2,1H3,(H2,18,19,20). The maximum absolute atomic E-state index is 6.04. The second-order valence-corrected chi connectivity index (χ2v) is 5.62. The number of aromatic amines is 1. The summed E-state index contributed by atoms with van der Waals surface area (Å²) in [6.45, 7) is 3.15. The van der Waals surface area contributed by atoms with E-state index in [4.69, 9.17) is 21.1 Å². The molecule has 3 aromatic rings. The molecular formula is C16H14ClN3O2. The van der Waals surface area contributed by atoms with Gasteiger partial charge in [0.05, 0.1) is 11.0 Å². The van der Waals surface area contributed by atoms with Gasteiger partial charge in [-0.05, 0) is 24.6 Å². The Kier molecular flexibility index (Phi) is 3.08. The van der Waals surface area contributed by atoms with Crippen LogP contribution in [0.5, 0.6) is 11.5 Å². The maximum atomic E-state index is 6.04. The number of hydrogen-bond acceptors (Lipinski definition) is 4. The molecule has 22 heavy (non-hydrogen) atoms. The first-order valence-corrected chi connectivity index (χ1v) is 7.39. The Morgan fingerprint density at radius 2 is 1.91 bits per heavy atom. The van der Waals surface area contributed by atoms with Gasteiger partial charge in [0.25, 0.3) is 0 Å². The Labute approximate surface area is 132 Å². The van der Waals surface area contributed by atoms with Crippen LogP contribution in [0.3, 0.4) is 0 Å². The highest BCUT2D eigenvalue weighted by Crippen LogP contribution is 2.34. The van der Waals surface area contributed by atoms with Crippen LogP contribution < -0.4 is 14.8 Å². The van der Waals surface area contributed by atoms with E-state index in [1.54, 1.807) is 0 Å². The second-order valence-electron chi connectivity index (χ2n) is 5.18. The summed E-state index contributed by atoms with van der Waals surface area (Å²) in [6, 6.07) is 9.50. The summed E-state index contributed by atoms with van der Waals surface area (Å²) in [6.07, 6.45) is 0. The summed E-state index contributed by atoms with van der Waals surface area (Å²) >= 11 is 6.04. The largest absolute Gasteiger partial charge is 0.486 e. The molecule has 0 atom stereocenters. The molecule has 0 unspecified atom stereocenters. The summed E-state index contributed by atoms with van der Waals surface area (Å²) in [5.74, 6) is 2.13. The van der Waals surface area contributed by atoms with Crippen molar-refractivity contribution in [2.24, 2.45) is 0 Å². The van der Waals surface area contributed by atoms with Crippen molar-refractivity contribution in [1.29, 1.82) is 0 Å². The van der Waals surface area contributed by atoms with Crippen LogP contribution in [0, 0.1) is 6.92 Å². The molecule has 0 saturated carbocycles. The zero-order valence-electron chi connectivity index (χ0n) is 11.9. The lowest BCUT2D eigenvalue weighted by atomic mass is 10.2. The fourth-order valence-electron chi connectivity index (χ4n) is 2.46. The summed E-state index contributed by atoms with van der Waals surface area (Å²) in [4.78, 5) is 7.78. The van der Waals surface area contributed by atoms with Gasteiger partial charge in [0, 0.05) is 22.8 Å². The molecule has 112 valence electrons. The Hall–Kier alpha value is -2.40. The van der Waals surface area contributed by atoms with Crippen molar-refractivity contribution in [2.75, 3.05) is 18.5 Å². The number of nitrogens with one attached hydrogen (secondary N) is 2. The molecule has 0 fully saturated rings. The molecule has 0 saturated heterocycles. The smallest absolute Gasteiger partial charge is 0.205 e. The first-order valence-electron chi connectivity index (χ1n) is 7.01. The van der Waals surface area contributed by atoms with Gasteiger partial charge in [-0.25, -0.2) is 4.98 Å². The molecule has 1 aliphatic heterocycles. The number of halogens is 1. The Morgan fingerprint density at radius 3 is 2.73 bits per heavy atom. The fourth-order valence-corrected chi connectivity index (χ4v) is 2.63. The van der Waals surface area contributed by atoms with Gasteiger partial charge in [-0.3, -0.25) is 0 Å². The van der Waals surface area contributed by atoms with Crippen LogP contribution in [0.25, 0.3) is 11.0 Å². The normalized spacial score (nSPS) is 13.4. The van der Waals surface area contributed by atoms with Crippen LogP contribution in [0.15, 0.2) is 30.3 Å². The van der Waals surface area contributed by atoms with Crippen molar-refractivity contribution in [2.45, 2.75) is 6.92 Å². The molecule has 1 aromatic heterocycles. The predicted molar refractivity (Wildman–Crippen MR) is 86.6 cm³/mol. The number of hydrogen-bond donors (Lipinski definition) is 2. The molecule has 4 rings (SSSR count). The van der Waals surface area contributed by atoms with E-state index >= 15 is 0 Å². The summed E-state index contributed by atoms with van der Waals surface area (Å²) < 4.78 is 11.2. The molecule has 2 heterocycles. The van der Waals surface area contributed by atoms with E-state index in [-0.39, 0.29) is 0 Å². The van der Waals surface area contributed by atoms with Crippen LogP contribution in [-0.2, 0) is 0 Å². The monoisotopic (exact) mass is 315 g/mol. The van der Waals surface area contributed by atoms with Crippen molar-refractivity contribution < 1.29 is 9.47 Å². The number of ether oxygens (including phenoxy) is 2. The molecule has 5 nitrogen and oxygen atoms in total. The number of fused-ring (bicyclic) bond motifs is 2. The SMILES string of the molecule is Cc1ccc(Cl)cc1Nc1nc2cc3c(cc2[nH]1)OCCO3. The molecule has 0 spiro atoms. The second kappa shape index (κ2) is 5.10. The molecule has 0 amide bonds. The minimum absolute atomic E-state index is 0.565. The van der Waals surface area contributed by atoms with E-state index in [0.717, 1.165) is 33.8 Å². The Morgan fingerprint density at radius 1 is 1.14 bits per heavy atom. The van der Waals surface area contributed by atoms with Gasteiger partial charge in [-0.1, -0.05) is 17.7 Å². The third kappa shape index (κ3) is 2.33. The zero-order valence-corrected chi connectivity index (χ0v) is 12.7. The molecule has 2 N–H and O–H groups in total. The first kappa shape index (κ1) is 13.3. The number of H-pyrrole nitrogens is 1. The average molecular weight is 316 g/mol. The van der Waals surface area contributed by atoms with Crippen molar-refractivity contribution in [3.05, 3.63) is 40.9 Å². The van der Waals surface area contributed by atoms with Crippen molar-refractivity contribution in [3.63, 3.8) is 0 Å². The maximum Gasteiger partial charge on any atom is 0.205 e. The van der Waals surface area contributed by atoms with Crippen LogP contribution >= 0.6 is 11.6 Å². The number of aryl methyl sites for hydroxylation is 1. The number of nitrogens with zero attached hydrogens (tertiary/aromatic N) is 1. The number of aromatic nitrogens is 2. The van der Waals surface area contributed by atoms with E-state index in [1.807, 2.05) is 37.3 Å². The minimum atomic E-state index is 0.565. The number of rotatable bonds is 2.